The lowest BCUT2D eigenvalue weighted by atomic mass is 9.96. The molecule has 0 aliphatic carbocycles. The van der Waals surface area contributed by atoms with Crippen molar-refractivity contribution in [2.24, 2.45) is 5.73 Å². The van der Waals surface area contributed by atoms with Crippen LogP contribution in [0.25, 0.3) is 28.1 Å². The van der Waals surface area contributed by atoms with E-state index < -0.39 is 15.7 Å². The number of nitrogens with two attached hydrogens (primary N) is 1. The number of sulfone groups is 1. The molecule has 3 N–H and O–H groups in total. The summed E-state index contributed by atoms with van der Waals surface area (Å²) in [5.74, 6) is -0.658. The van der Waals surface area contributed by atoms with Gasteiger partial charge in [0.2, 0.25) is 5.91 Å². The number of amides is 1. The number of hydrogen-bond donors (Lipinski definition) is 2. The lowest BCUT2D eigenvalue weighted by molar-refractivity contribution is 0.100. The van der Waals surface area contributed by atoms with Crippen LogP contribution < -0.4 is 11.1 Å². The highest BCUT2D eigenvalue weighted by Crippen LogP contribution is 2.35. The minimum Gasteiger partial charge on any atom is -0.366 e. The molecule has 0 radical (unpaired) electrons. The summed E-state index contributed by atoms with van der Waals surface area (Å²) in [7, 11) is -3.49. The van der Waals surface area contributed by atoms with E-state index in [2.05, 4.69) is 16.9 Å². The highest BCUT2D eigenvalue weighted by Gasteiger charge is 2.17. The molecule has 0 aliphatic heterocycles. The molecule has 0 fully saturated rings. The van der Waals surface area contributed by atoms with Gasteiger partial charge in [-0.15, -0.1) is 0 Å². The number of nitrogens with zero attached hydrogens (tertiary/aromatic N) is 1. The first kappa shape index (κ1) is 25.4. The van der Waals surface area contributed by atoms with Gasteiger partial charge in [0, 0.05) is 35.0 Å². The van der Waals surface area contributed by atoms with Crippen LogP contribution in [0.1, 0.15) is 15.9 Å². The zero-order chi connectivity index (χ0) is 26.0. The molecule has 36 heavy (non-hydrogen) atoms. The average molecular weight is 538 g/mol. The Morgan fingerprint density at radius 3 is 2.31 bits per heavy atom. The fourth-order valence-electron chi connectivity index (χ4n) is 3.70. The third-order valence-electron chi connectivity index (χ3n) is 5.49. The Bertz CT molecular complexity index is 1600. The van der Waals surface area contributed by atoms with Crippen LogP contribution in [-0.4, -0.2) is 25.6 Å². The molecule has 0 unspecified atom stereocenters. The largest absolute Gasteiger partial charge is 0.366 e. The van der Waals surface area contributed by atoms with Gasteiger partial charge in [0.15, 0.2) is 9.84 Å². The Hall–Kier alpha value is -3.65. The maximum atomic E-state index is 12.3. The first-order chi connectivity index (χ1) is 17.0. The summed E-state index contributed by atoms with van der Waals surface area (Å²) in [5, 5.41) is 3.98. The maximum Gasteiger partial charge on any atom is 0.250 e. The van der Waals surface area contributed by atoms with Crippen LogP contribution in [0.5, 0.6) is 0 Å². The van der Waals surface area contributed by atoms with Gasteiger partial charge in [0.05, 0.1) is 26.2 Å². The summed E-state index contributed by atoms with van der Waals surface area (Å²) >= 11 is 12.7. The molecule has 1 amide bonds. The zero-order valence-corrected chi connectivity index (χ0v) is 21.5. The van der Waals surface area contributed by atoms with E-state index in [1.807, 2.05) is 30.3 Å². The van der Waals surface area contributed by atoms with Gasteiger partial charge >= 0.3 is 0 Å². The van der Waals surface area contributed by atoms with Crippen molar-refractivity contribution in [2.45, 2.75) is 4.90 Å². The summed E-state index contributed by atoms with van der Waals surface area (Å²) in [6.07, 6.45) is 2.82. The molecule has 182 valence electrons. The number of halogens is 2. The van der Waals surface area contributed by atoms with Crippen LogP contribution in [0.2, 0.25) is 10.0 Å². The standard InChI is InChI=1S/C27H21Cl2N3O3S/c1-16(32-18-7-11-24(28)23(14-18)26-5-3-4-12-31-26)20-10-8-19(36(2,34)35)15-22(20)17-6-9-21(27(30)33)25(29)13-17/h3-15,32H,1H2,2H3,(H2,30,33). The van der Waals surface area contributed by atoms with Crippen molar-refractivity contribution in [3.63, 3.8) is 0 Å². The summed E-state index contributed by atoms with van der Waals surface area (Å²) in [5.41, 5.74) is 10.0. The summed E-state index contributed by atoms with van der Waals surface area (Å²) in [6, 6.07) is 20.5. The van der Waals surface area contributed by atoms with Gasteiger partial charge in [-0.2, -0.15) is 0 Å². The number of benzene rings is 3. The number of carbonyl (C=O) groups is 1. The van der Waals surface area contributed by atoms with Crippen LogP contribution in [0.15, 0.2) is 90.5 Å². The molecule has 0 atom stereocenters. The lowest BCUT2D eigenvalue weighted by Crippen LogP contribution is -2.11. The van der Waals surface area contributed by atoms with E-state index in [1.54, 1.807) is 36.5 Å². The van der Waals surface area contributed by atoms with Gasteiger partial charge in [-0.05, 0) is 65.7 Å². The van der Waals surface area contributed by atoms with Crippen molar-refractivity contribution >= 4 is 50.3 Å². The SMILES string of the molecule is C=C(Nc1ccc(Cl)c(-c2ccccn2)c1)c1ccc(S(C)(=O)=O)cc1-c1ccc(C(N)=O)c(Cl)c1. The molecular formula is C27H21Cl2N3O3S. The molecule has 9 heteroatoms. The third-order valence-corrected chi connectivity index (χ3v) is 7.24. The Labute approximate surface area is 219 Å². The number of pyridine rings is 1. The van der Waals surface area contributed by atoms with E-state index in [0.29, 0.717) is 33.1 Å². The van der Waals surface area contributed by atoms with Crippen LogP contribution in [0.3, 0.4) is 0 Å². The molecule has 4 aromatic rings. The van der Waals surface area contributed by atoms with Crippen molar-refractivity contribution in [3.8, 4) is 22.4 Å². The molecule has 1 aromatic heterocycles. The molecule has 0 saturated carbocycles. The second-order valence-corrected chi connectivity index (χ2v) is 10.9. The maximum absolute atomic E-state index is 12.3. The molecule has 0 bridgehead atoms. The molecular weight excluding hydrogens is 517 g/mol. The van der Waals surface area contributed by atoms with Gasteiger partial charge in [0.25, 0.3) is 0 Å². The number of anilines is 1. The van der Waals surface area contributed by atoms with E-state index in [1.165, 1.54) is 12.1 Å². The van der Waals surface area contributed by atoms with Gasteiger partial charge in [-0.1, -0.05) is 48.0 Å². The van der Waals surface area contributed by atoms with Crippen molar-refractivity contribution in [1.82, 2.24) is 4.98 Å². The fourth-order valence-corrected chi connectivity index (χ4v) is 4.84. The smallest absolute Gasteiger partial charge is 0.250 e. The van der Waals surface area contributed by atoms with Gasteiger partial charge in [-0.25, -0.2) is 8.42 Å². The van der Waals surface area contributed by atoms with Crippen molar-refractivity contribution in [3.05, 3.63) is 107 Å². The first-order valence-electron chi connectivity index (χ1n) is 10.7. The van der Waals surface area contributed by atoms with Crippen LogP contribution in [0.4, 0.5) is 5.69 Å². The molecule has 0 saturated heterocycles. The number of rotatable bonds is 7. The Morgan fingerprint density at radius 1 is 0.917 bits per heavy atom. The molecule has 0 aliphatic rings. The summed E-state index contributed by atoms with van der Waals surface area (Å²) in [4.78, 5) is 16.1. The van der Waals surface area contributed by atoms with Crippen molar-refractivity contribution in [2.75, 3.05) is 11.6 Å². The van der Waals surface area contributed by atoms with Gasteiger partial charge in [-0.3, -0.25) is 9.78 Å². The minimum atomic E-state index is -3.49. The van der Waals surface area contributed by atoms with Crippen molar-refractivity contribution < 1.29 is 13.2 Å². The van der Waals surface area contributed by atoms with E-state index in [4.69, 9.17) is 28.9 Å². The molecule has 3 aromatic carbocycles. The van der Waals surface area contributed by atoms with Gasteiger partial charge < -0.3 is 11.1 Å². The molecule has 0 spiro atoms. The van der Waals surface area contributed by atoms with Crippen LogP contribution >= 0.6 is 23.2 Å². The fraction of sp³-hybridized carbons (Fsp3) is 0.0370. The number of aromatic nitrogens is 1. The molecule has 4 rings (SSSR count). The van der Waals surface area contributed by atoms with Gasteiger partial charge in [0.1, 0.15) is 0 Å². The topological polar surface area (TPSA) is 102 Å². The van der Waals surface area contributed by atoms with Crippen LogP contribution in [-0.2, 0) is 9.84 Å². The Kier molecular flexibility index (Phi) is 7.17. The number of carbonyl (C=O) groups excluding carboxylic acids is 1. The van der Waals surface area contributed by atoms with E-state index in [-0.39, 0.29) is 15.5 Å². The number of nitrogens with one attached hydrogen (secondary N) is 1. The lowest BCUT2D eigenvalue weighted by Gasteiger charge is -2.17. The van der Waals surface area contributed by atoms with E-state index in [9.17, 15) is 13.2 Å². The quantitative estimate of drug-likeness (QED) is 0.287. The highest BCUT2D eigenvalue weighted by molar-refractivity contribution is 7.90. The van der Waals surface area contributed by atoms with Crippen LogP contribution in [0, 0.1) is 0 Å². The molecule has 6 nitrogen and oxygen atoms in total. The van der Waals surface area contributed by atoms with E-state index >= 15 is 0 Å². The Morgan fingerprint density at radius 2 is 1.67 bits per heavy atom. The zero-order valence-electron chi connectivity index (χ0n) is 19.1. The second kappa shape index (κ2) is 10.1. The number of primary amides is 1. The predicted octanol–water partition coefficient (Wildman–Crippen LogP) is 6.31. The number of hydrogen-bond acceptors (Lipinski definition) is 5. The first-order valence-corrected chi connectivity index (χ1v) is 13.3. The minimum absolute atomic E-state index is 0.132. The predicted molar refractivity (Wildman–Crippen MR) is 146 cm³/mol. The normalized spacial score (nSPS) is 11.2. The Balaban J connectivity index is 1.77. The highest BCUT2D eigenvalue weighted by atomic mass is 35.5. The second-order valence-electron chi connectivity index (χ2n) is 8.05. The summed E-state index contributed by atoms with van der Waals surface area (Å²) in [6.45, 7) is 4.18. The van der Waals surface area contributed by atoms with Crippen molar-refractivity contribution in [1.29, 1.82) is 0 Å². The monoisotopic (exact) mass is 537 g/mol. The van der Waals surface area contributed by atoms with E-state index in [0.717, 1.165) is 17.5 Å². The third kappa shape index (κ3) is 5.44. The summed E-state index contributed by atoms with van der Waals surface area (Å²) < 4.78 is 24.5. The average Bonchev–Trinajstić information content (AvgIpc) is 2.84. The molecule has 1 heterocycles.